The zero-order valence-electron chi connectivity index (χ0n) is 12.4. The molecule has 4 nitrogen and oxygen atoms in total. The predicted molar refractivity (Wildman–Crippen MR) is 87.8 cm³/mol. The van der Waals surface area contributed by atoms with Crippen molar-refractivity contribution >= 4 is 26.9 Å². The Hall–Kier alpha value is -2.01. The van der Waals surface area contributed by atoms with E-state index >= 15 is 0 Å². The maximum Gasteiger partial charge on any atom is 0.175 e. The molecule has 2 aromatic rings. The third-order valence-electron chi connectivity index (χ3n) is 3.31. The van der Waals surface area contributed by atoms with Gasteiger partial charge in [-0.1, -0.05) is 26.0 Å². The number of hydrogen-bond donors (Lipinski definition) is 2. The van der Waals surface area contributed by atoms with Crippen LogP contribution in [0, 0.1) is 0 Å². The Bertz CT molecular complexity index is 735. The molecule has 0 saturated carbocycles. The molecule has 0 amide bonds. The molecule has 112 valence electrons. The van der Waals surface area contributed by atoms with Gasteiger partial charge in [0.2, 0.25) is 0 Å². The Morgan fingerprint density at radius 1 is 1.05 bits per heavy atom. The van der Waals surface area contributed by atoms with E-state index in [1.807, 2.05) is 12.1 Å². The van der Waals surface area contributed by atoms with E-state index in [9.17, 15) is 8.42 Å². The molecule has 0 saturated heterocycles. The molecule has 0 aromatic heterocycles. The summed E-state index contributed by atoms with van der Waals surface area (Å²) in [5.74, 6) is 0.484. The molecule has 0 aliphatic rings. The van der Waals surface area contributed by atoms with Gasteiger partial charge in [-0.3, -0.25) is 0 Å². The van der Waals surface area contributed by atoms with Gasteiger partial charge in [0.15, 0.2) is 9.84 Å². The number of benzene rings is 2. The normalized spacial score (nSPS) is 11.6. The Morgan fingerprint density at radius 3 is 2.14 bits per heavy atom. The first-order chi connectivity index (χ1) is 9.77. The maximum absolute atomic E-state index is 11.5. The largest absolute Gasteiger partial charge is 0.397 e. The SMILES string of the molecule is CC(C)c1ccc(Nc2ccc(S(C)(=O)=O)cc2N)cc1. The highest BCUT2D eigenvalue weighted by molar-refractivity contribution is 7.90. The van der Waals surface area contributed by atoms with Gasteiger partial charge in [-0.15, -0.1) is 0 Å². The Morgan fingerprint density at radius 2 is 1.67 bits per heavy atom. The fourth-order valence-electron chi connectivity index (χ4n) is 1.99. The molecule has 0 heterocycles. The average Bonchev–Trinajstić information content (AvgIpc) is 2.40. The molecule has 0 aliphatic carbocycles. The lowest BCUT2D eigenvalue weighted by atomic mass is 10.0. The van der Waals surface area contributed by atoms with Gasteiger partial charge in [0.25, 0.3) is 0 Å². The molecule has 2 aromatic carbocycles. The topological polar surface area (TPSA) is 72.2 Å². The third kappa shape index (κ3) is 3.76. The second kappa shape index (κ2) is 5.77. The van der Waals surface area contributed by atoms with E-state index in [-0.39, 0.29) is 4.90 Å². The molecule has 2 rings (SSSR count). The average molecular weight is 304 g/mol. The fraction of sp³-hybridized carbons (Fsp3) is 0.250. The van der Waals surface area contributed by atoms with Crippen molar-refractivity contribution in [1.82, 2.24) is 0 Å². The van der Waals surface area contributed by atoms with Crippen molar-refractivity contribution < 1.29 is 8.42 Å². The number of anilines is 3. The molecule has 0 fully saturated rings. The Balaban J connectivity index is 2.24. The van der Waals surface area contributed by atoms with E-state index in [0.29, 0.717) is 17.3 Å². The van der Waals surface area contributed by atoms with Crippen molar-refractivity contribution in [2.45, 2.75) is 24.7 Å². The summed E-state index contributed by atoms with van der Waals surface area (Å²) in [6.45, 7) is 4.29. The van der Waals surface area contributed by atoms with Crippen LogP contribution in [-0.4, -0.2) is 14.7 Å². The van der Waals surface area contributed by atoms with E-state index in [4.69, 9.17) is 5.73 Å². The van der Waals surface area contributed by atoms with Crippen LogP contribution in [0.2, 0.25) is 0 Å². The quantitative estimate of drug-likeness (QED) is 0.847. The molecule has 3 N–H and O–H groups in total. The van der Waals surface area contributed by atoms with Gasteiger partial charge in [-0.2, -0.15) is 0 Å². The lowest BCUT2D eigenvalue weighted by Gasteiger charge is -2.12. The highest BCUT2D eigenvalue weighted by Gasteiger charge is 2.09. The molecule has 0 aliphatic heterocycles. The summed E-state index contributed by atoms with van der Waals surface area (Å²) in [4.78, 5) is 0.223. The second-order valence-electron chi connectivity index (χ2n) is 5.42. The monoisotopic (exact) mass is 304 g/mol. The van der Waals surface area contributed by atoms with E-state index < -0.39 is 9.84 Å². The highest BCUT2D eigenvalue weighted by atomic mass is 32.2. The summed E-state index contributed by atoms with van der Waals surface area (Å²) in [7, 11) is -3.24. The van der Waals surface area contributed by atoms with Crippen molar-refractivity contribution in [2.75, 3.05) is 17.3 Å². The molecule has 0 unspecified atom stereocenters. The van der Waals surface area contributed by atoms with Crippen LogP contribution in [0.1, 0.15) is 25.3 Å². The predicted octanol–water partition coefficient (Wildman–Crippen LogP) is 3.54. The molecule has 0 radical (unpaired) electrons. The van der Waals surface area contributed by atoms with Crippen molar-refractivity contribution in [1.29, 1.82) is 0 Å². The van der Waals surface area contributed by atoms with Gasteiger partial charge < -0.3 is 11.1 Å². The first-order valence-corrected chi connectivity index (χ1v) is 8.63. The number of nitrogen functional groups attached to an aromatic ring is 1. The van der Waals surface area contributed by atoms with Crippen molar-refractivity contribution in [3.63, 3.8) is 0 Å². The first kappa shape index (κ1) is 15.4. The van der Waals surface area contributed by atoms with Crippen molar-refractivity contribution in [3.05, 3.63) is 48.0 Å². The molecule has 0 atom stereocenters. The van der Waals surface area contributed by atoms with E-state index in [1.165, 1.54) is 17.9 Å². The van der Waals surface area contributed by atoms with Gasteiger partial charge in [0.05, 0.1) is 16.3 Å². The van der Waals surface area contributed by atoms with Gasteiger partial charge >= 0.3 is 0 Å². The second-order valence-corrected chi connectivity index (χ2v) is 7.44. The summed E-state index contributed by atoms with van der Waals surface area (Å²) in [6.07, 6.45) is 1.17. The summed E-state index contributed by atoms with van der Waals surface area (Å²) in [5.41, 5.74) is 9.20. The van der Waals surface area contributed by atoms with E-state index in [0.717, 1.165) is 5.69 Å². The number of rotatable bonds is 4. The van der Waals surface area contributed by atoms with Crippen LogP contribution in [-0.2, 0) is 9.84 Å². The summed E-state index contributed by atoms with van der Waals surface area (Å²) in [6, 6.07) is 12.8. The van der Waals surface area contributed by atoms with Gasteiger partial charge in [0, 0.05) is 11.9 Å². The van der Waals surface area contributed by atoms with Gasteiger partial charge in [-0.25, -0.2) is 8.42 Å². The molecule has 21 heavy (non-hydrogen) atoms. The van der Waals surface area contributed by atoms with Crippen LogP contribution in [0.5, 0.6) is 0 Å². The third-order valence-corrected chi connectivity index (χ3v) is 4.42. The van der Waals surface area contributed by atoms with E-state index in [2.05, 4.69) is 31.3 Å². The minimum atomic E-state index is -3.24. The Labute approximate surface area is 125 Å². The lowest BCUT2D eigenvalue weighted by molar-refractivity contribution is 0.602. The van der Waals surface area contributed by atoms with Crippen LogP contribution >= 0.6 is 0 Å². The minimum absolute atomic E-state index is 0.223. The summed E-state index contributed by atoms with van der Waals surface area (Å²) < 4.78 is 23.0. The highest BCUT2D eigenvalue weighted by Crippen LogP contribution is 2.26. The van der Waals surface area contributed by atoms with Crippen LogP contribution in [0.25, 0.3) is 0 Å². The van der Waals surface area contributed by atoms with Crippen molar-refractivity contribution in [2.24, 2.45) is 0 Å². The first-order valence-electron chi connectivity index (χ1n) is 6.74. The lowest BCUT2D eigenvalue weighted by Crippen LogP contribution is -2.01. The van der Waals surface area contributed by atoms with Crippen molar-refractivity contribution in [3.8, 4) is 0 Å². The molecule has 5 heteroatoms. The molecular formula is C16H20N2O2S. The van der Waals surface area contributed by atoms with E-state index in [1.54, 1.807) is 12.1 Å². The standard InChI is InChI=1S/C16H20N2O2S/c1-11(2)12-4-6-13(7-5-12)18-16-9-8-14(10-15(16)17)21(3,19)20/h4-11,18H,17H2,1-3H3. The summed E-state index contributed by atoms with van der Waals surface area (Å²) in [5, 5.41) is 3.20. The molecule has 0 spiro atoms. The summed E-state index contributed by atoms with van der Waals surface area (Å²) >= 11 is 0. The zero-order valence-corrected chi connectivity index (χ0v) is 13.2. The van der Waals surface area contributed by atoms with Crippen LogP contribution in [0.3, 0.4) is 0 Å². The molecular weight excluding hydrogens is 284 g/mol. The smallest absolute Gasteiger partial charge is 0.175 e. The number of nitrogens with two attached hydrogens (primary N) is 1. The van der Waals surface area contributed by atoms with Crippen LogP contribution in [0.15, 0.2) is 47.4 Å². The van der Waals surface area contributed by atoms with Gasteiger partial charge in [-0.05, 0) is 41.8 Å². The number of nitrogens with one attached hydrogen (secondary N) is 1. The van der Waals surface area contributed by atoms with Crippen LogP contribution in [0.4, 0.5) is 17.1 Å². The minimum Gasteiger partial charge on any atom is -0.397 e. The zero-order chi connectivity index (χ0) is 15.6. The molecule has 0 bridgehead atoms. The Kier molecular flexibility index (Phi) is 4.23. The maximum atomic E-state index is 11.5. The van der Waals surface area contributed by atoms with Crippen LogP contribution < -0.4 is 11.1 Å². The number of hydrogen-bond acceptors (Lipinski definition) is 4. The fourth-order valence-corrected chi connectivity index (χ4v) is 2.65. The van der Waals surface area contributed by atoms with Gasteiger partial charge in [0.1, 0.15) is 0 Å². The number of sulfone groups is 1.